The standard InChI is InChI=1S/C14H17FN2O2/c1-11(14(18)19)10-16-6-8-17(9-7-16)13-4-2-12(15)3-5-13/h2-5H,1,6-10H2,(H,18,19). The maximum absolute atomic E-state index is 12.8. The second-order valence-electron chi connectivity index (χ2n) is 4.65. The van der Waals surface area contributed by atoms with Crippen LogP contribution in [-0.2, 0) is 4.79 Å². The normalized spacial score (nSPS) is 16.4. The zero-order valence-electron chi connectivity index (χ0n) is 10.7. The van der Waals surface area contributed by atoms with E-state index in [9.17, 15) is 9.18 Å². The number of nitrogens with zero attached hydrogens (tertiary/aromatic N) is 2. The van der Waals surface area contributed by atoms with Crippen LogP contribution in [0.5, 0.6) is 0 Å². The molecular formula is C14H17FN2O2. The number of anilines is 1. The van der Waals surface area contributed by atoms with Crippen molar-refractivity contribution in [1.82, 2.24) is 4.90 Å². The van der Waals surface area contributed by atoms with Gasteiger partial charge >= 0.3 is 5.97 Å². The summed E-state index contributed by atoms with van der Waals surface area (Å²) in [6, 6.07) is 6.43. The summed E-state index contributed by atoms with van der Waals surface area (Å²) in [4.78, 5) is 15.0. The highest BCUT2D eigenvalue weighted by atomic mass is 19.1. The van der Waals surface area contributed by atoms with Gasteiger partial charge in [-0.05, 0) is 24.3 Å². The van der Waals surface area contributed by atoms with Gasteiger partial charge in [0, 0.05) is 44.0 Å². The first-order chi connectivity index (χ1) is 9.06. The third kappa shape index (κ3) is 3.54. The fourth-order valence-electron chi connectivity index (χ4n) is 2.15. The predicted octanol–water partition coefficient (Wildman–Crippen LogP) is 1.59. The number of carboxylic acid groups (broad SMARTS) is 1. The zero-order valence-corrected chi connectivity index (χ0v) is 10.7. The number of aliphatic carboxylic acids is 1. The van der Waals surface area contributed by atoms with E-state index in [1.165, 1.54) is 12.1 Å². The van der Waals surface area contributed by atoms with E-state index in [0.717, 1.165) is 31.9 Å². The Kier molecular flexibility index (Phi) is 4.16. The van der Waals surface area contributed by atoms with Crippen LogP contribution in [0.1, 0.15) is 0 Å². The number of hydrogen-bond donors (Lipinski definition) is 1. The van der Waals surface area contributed by atoms with Crippen LogP contribution in [-0.4, -0.2) is 48.7 Å². The van der Waals surface area contributed by atoms with Gasteiger partial charge in [-0.1, -0.05) is 6.58 Å². The molecule has 1 aliphatic heterocycles. The molecule has 0 unspecified atom stereocenters. The summed E-state index contributed by atoms with van der Waals surface area (Å²) < 4.78 is 12.8. The molecule has 0 aromatic heterocycles. The number of carboxylic acids is 1. The molecule has 1 fully saturated rings. The van der Waals surface area contributed by atoms with Crippen molar-refractivity contribution in [3.63, 3.8) is 0 Å². The quantitative estimate of drug-likeness (QED) is 0.839. The van der Waals surface area contributed by atoms with Gasteiger partial charge in [0.2, 0.25) is 0 Å². The summed E-state index contributed by atoms with van der Waals surface area (Å²) in [5, 5.41) is 8.80. The Morgan fingerprint density at radius 1 is 1.21 bits per heavy atom. The van der Waals surface area contributed by atoms with Crippen molar-refractivity contribution in [2.24, 2.45) is 0 Å². The van der Waals surface area contributed by atoms with Crippen LogP contribution < -0.4 is 4.90 Å². The number of carbonyl (C=O) groups is 1. The van der Waals surface area contributed by atoms with Crippen molar-refractivity contribution in [2.75, 3.05) is 37.6 Å². The van der Waals surface area contributed by atoms with Crippen molar-refractivity contribution in [3.8, 4) is 0 Å². The van der Waals surface area contributed by atoms with Gasteiger partial charge < -0.3 is 10.0 Å². The summed E-state index contributed by atoms with van der Waals surface area (Å²) in [5.74, 6) is -1.18. The van der Waals surface area contributed by atoms with Crippen LogP contribution in [0.15, 0.2) is 36.4 Å². The van der Waals surface area contributed by atoms with E-state index >= 15 is 0 Å². The Balaban J connectivity index is 1.87. The van der Waals surface area contributed by atoms with Crippen molar-refractivity contribution < 1.29 is 14.3 Å². The molecule has 1 saturated heterocycles. The van der Waals surface area contributed by atoms with E-state index in [1.807, 2.05) is 0 Å². The van der Waals surface area contributed by atoms with Gasteiger partial charge in [0.05, 0.1) is 0 Å². The molecule has 0 atom stereocenters. The van der Waals surface area contributed by atoms with E-state index in [4.69, 9.17) is 5.11 Å². The van der Waals surface area contributed by atoms with E-state index in [1.54, 1.807) is 12.1 Å². The predicted molar refractivity (Wildman–Crippen MR) is 71.8 cm³/mol. The third-order valence-corrected chi connectivity index (χ3v) is 3.28. The number of rotatable bonds is 4. The lowest BCUT2D eigenvalue weighted by atomic mass is 10.2. The van der Waals surface area contributed by atoms with Crippen LogP contribution in [0.3, 0.4) is 0 Å². The molecule has 0 spiro atoms. The number of hydrogen-bond acceptors (Lipinski definition) is 3. The molecule has 19 heavy (non-hydrogen) atoms. The minimum absolute atomic E-state index is 0.218. The Morgan fingerprint density at radius 3 is 2.32 bits per heavy atom. The first-order valence-corrected chi connectivity index (χ1v) is 6.20. The van der Waals surface area contributed by atoms with Gasteiger partial charge in [-0.3, -0.25) is 4.90 Å². The summed E-state index contributed by atoms with van der Waals surface area (Å²) in [7, 11) is 0. The van der Waals surface area contributed by atoms with Gasteiger partial charge in [-0.2, -0.15) is 0 Å². The van der Waals surface area contributed by atoms with Gasteiger partial charge in [0.1, 0.15) is 5.82 Å². The van der Waals surface area contributed by atoms with Crippen molar-refractivity contribution >= 4 is 11.7 Å². The van der Waals surface area contributed by atoms with Crippen LogP contribution in [0.4, 0.5) is 10.1 Å². The van der Waals surface area contributed by atoms with Crippen LogP contribution in [0.2, 0.25) is 0 Å². The lowest BCUT2D eigenvalue weighted by molar-refractivity contribution is -0.132. The van der Waals surface area contributed by atoms with E-state index < -0.39 is 5.97 Å². The summed E-state index contributed by atoms with van der Waals surface area (Å²) in [6.07, 6.45) is 0. The monoisotopic (exact) mass is 264 g/mol. The molecule has 1 aromatic carbocycles. The summed E-state index contributed by atoms with van der Waals surface area (Å²) in [5.41, 5.74) is 1.22. The van der Waals surface area contributed by atoms with Crippen molar-refractivity contribution in [3.05, 3.63) is 42.2 Å². The molecule has 0 aliphatic carbocycles. The average Bonchev–Trinajstić information content (AvgIpc) is 2.40. The Labute approximate surface area is 111 Å². The second kappa shape index (κ2) is 5.84. The molecule has 1 heterocycles. The Hall–Kier alpha value is -1.88. The molecule has 2 rings (SSSR count). The van der Waals surface area contributed by atoms with Crippen molar-refractivity contribution in [2.45, 2.75) is 0 Å². The fourth-order valence-corrected chi connectivity index (χ4v) is 2.15. The summed E-state index contributed by atoms with van der Waals surface area (Å²) >= 11 is 0. The van der Waals surface area contributed by atoms with Crippen LogP contribution in [0, 0.1) is 5.82 Å². The fraction of sp³-hybridized carbons (Fsp3) is 0.357. The molecule has 0 bridgehead atoms. The minimum atomic E-state index is -0.944. The zero-order chi connectivity index (χ0) is 13.8. The van der Waals surface area contributed by atoms with E-state index in [0.29, 0.717) is 6.54 Å². The number of piperazine rings is 1. The van der Waals surface area contributed by atoms with Crippen molar-refractivity contribution in [1.29, 1.82) is 0 Å². The highest BCUT2D eigenvalue weighted by Gasteiger charge is 2.19. The largest absolute Gasteiger partial charge is 0.478 e. The van der Waals surface area contributed by atoms with Gasteiger partial charge in [0.15, 0.2) is 0 Å². The van der Waals surface area contributed by atoms with E-state index in [-0.39, 0.29) is 11.4 Å². The molecular weight excluding hydrogens is 247 g/mol. The lowest BCUT2D eigenvalue weighted by Crippen LogP contribution is -2.47. The lowest BCUT2D eigenvalue weighted by Gasteiger charge is -2.36. The molecule has 1 aliphatic rings. The topological polar surface area (TPSA) is 43.8 Å². The Bertz CT molecular complexity index is 465. The van der Waals surface area contributed by atoms with Crippen LogP contribution >= 0.6 is 0 Å². The SMILES string of the molecule is C=C(CN1CCN(c2ccc(F)cc2)CC1)C(=O)O. The highest BCUT2D eigenvalue weighted by molar-refractivity contribution is 5.86. The molecule has 0 amide bonds. The highest BCUT2D eigenvalue weighted by Crippen LogP contribution is 2.17. The second-order valence-corrected chi connectivity index (χ2v) is 4.65. The molecule has 4 nitrogen and oxygen atoms in total. The molecule has 0 saturated carbocycles. The summed E-state index contributed by atoms with van der Waals surface area (Å²) in [6.45, 7) is 7.11. The van der Waals surface area contributed by atoms with Gasteiger partial charge in [-0.15, -0.1) is 0 Å². The molecule has 5 heteroatoms. The van der Waals surface area contributed by atoms with Crippen LogP contribution in [0.25, 0.3) is 0 Å². The van der Waals surface area contributed by atoms with Gasteiger partial charge in [-0.25, -0.2) is 9.18 Å². The molecule has 102 valence electrons. The molecule has 1 aromatic rings. The maximum Gasteiger partial charge on any atom is 0.332 e. The molecule has 0 radical (unpaired) electrons. The third-order valence-electron chi connectivity index (χ3n) is 3.28. The maximum atomic E-state index is 12.8. The molecule has 1 N–H and O–H groups in total. The first-order valence-electron chi connectivity index (χ1n) is 6.20. The Morgan fingerprint density at radius 2 is 1.79 bits per heavy atom. The first kappa shape index (κ1) is 13.5. The number of halogens is 1. The van der Waals surface area contributed by atoms with Gasteiger partial charge in [0.25, 0.3) is 0 Å². The van der Waals surface area contributed by atoms with E-state index in [2.05, 4.69) is 16.4 Å². The smallest absolute Gasteiger partial charge is 0.332 e. The minimum Gasteiger partial charge on any atom is -0.478 e. The average molecular weight is 264 g/mol. The number of benzene rings is 1.